The van der Waals surface area contributed by atoms with Gasteiger partial charge in [-0.1, -0.05) is 133 Å². The highest BCUT2D eigenvalue weighted by molar-refractivity contribution is 5.89. The van der Waals surface area contributed by atoms with Crippen LogP contribution in [0.1, 0.15) is 0 Å². The maximum absolute atomic E-state index is 6.69. The monoisotopic (exact) mass is 642 g/mol. The lowest BCUT2D eigenvalue weighted by molar-refractivity contribution is 0.477. The minimum absolute atomic E-state index is 0.618. The van der Waals surface area contributed by atoms with Gasteiger partial charge in [-0.05, 0) is 70.8 Å². The predicted molar refractivity (Wildman–Crippen MR) is 202 cm³/mol. The summed E-state index contributed by atoms with van der Waals surface area (Å²) >= 11 is 0. The van der Waals surface area contributed by atoms with Crippen molar-refractivity contribution in [2.24, 2.45) is 0 Å². The smallest absolute Gasteiger partial charge is 0.164 e. The molecule has 50 heavy (non-hydrogen) atoms. The van der Waals surface area contributed by atoms with Crippen LogP contribution in [0.25, 0.3) is 56.4 Å². The minimum atomic E-state index is 0.618. The molecule has 8 aromatic rings. The number of fused-ring (bicyclic) bond motifs is 2. The van der Waals surface area contributed by atoms with Crippen LogP contribution in [0.5, 0.6) is 11.5 Å². The topological polar surface area (TPSA) is 51.1 Å². The third-order valence-electron chi connectivity index (χ3n) is 8.92. The van der Waals surface area contributed by atoms with Gasteiger partial charge in [-0.2, -0.15) is 0 Å². The number of ether oxygens (including phenoxy) is 1. The normalized spacial score (nSPS) is 11.7. The van der Waals surface area contributed by atoms with E-state index in [1.807, 2.05) is 72.8 Å². The van der Waals surface area contributed by atoms with Gasteiger partial charge in [0.05, 0.1) is 11.4 Å². The lowest BCUT2D eigenvalue weighted by Gasteiger charge is -2.33. The average Bonchev–Trinajstić information content (AvgIpc) is 3.21. The number of nitrogens with zero attached hydrogens (tertiary/aromatic N) is 4. The molecule has 9 rings (SSSR count). The predicted octanol–water partition coefficient (Wildman–Crippen LogP) is 11.8. The Hall–Kier alpha value is -6.85. The average molecular weight is 643 g/mol. The summed E-state index contributed by atoms with van der Waals surface area (Å²) in [6.07, 6.45) is 0. The van der Waals surface area contributed by atoms with Crippen LogP contribution in [0.15, 0.2) is 182 Å². The number of hydrogen-bond donors (Lipinski definition) is 0. The second-order valence-corrected chi connectivity index (χ2v) is 12.1. The van der Waals surface area contributed by atoms with Crippen molar-refractivity contribution in [1.29, 1.82) is 0 Å². The van der Waals surface area contributed by atoms with Crippen LogP contribution in [0.3, 0.4) is 0 Å². The summed E-state index contributed by atoms with van der Waals surface area (Å²) in [5.41, 5.74) is 10.2. The molecular formula is C45H30N4O. The Balaban J connectivity index is 1.14. The maximum atomic E-state index is 6.69. The van der Waals surface area contributed by atoms with Gasteiger partial charge >= 0.3 is 0 Å². The van der Waals surface area contributed by atoms with Gasteiger partial charge in [0.1, 0.15) is 0 Å². The summed E-state index contributed by atoms with van der Waals surface area (Å²) in [6.45, 7) is 0. The van der Waals surface area contributed by atoms with Gasteiger partial charge in [-0.15, -0.1) is 0 Å². The maximum Gasteiger partial charge on any atom is 0.164 e. The molecule has 1 aliphatic heterocycles. The third-order valence-corrected chi connectivity index (χ3v) is 8.92. The van der Waals surface area contributed by atoms with Crippen molar-refractivity contribution in [3.05, 3.63) is 182 Å². The number of aromatic nitrogens is 3. The molecule has 0 aliphatic carbocycles. The van der Waals surface area contributed by atoms with Crippen molar-refractivity contribution in [1.82, 2.24) is 15.0 Å². The van der Waals surface area contributed by atoms with E-state index >= 15 is 0 Å². The van der Waals surface area contributed by atoms with Crippen LogP contribution < -0.4 is 9.64 Å². The van der Waals surface area contributed by atoms with Crippen LogP contribution in [-0.4, -0.2) is 15.0 Å². The molecule has 0 saturated carbocycles. The standard InChI is InChI=1S/C45H30N4O/c1-5-13-31(14-6-1)36-23-27-39-41(29-36)50-42-30-37(32-15-7-2-8-16-32)24-28-40(42)49(39)38-25-21-35(22-26-38)45-47-43(33-17-9-3-10-18-33)46-44(48-45)34-19-11-4-12-20-34/h1-30H. The van der Waals surface area contributed by atoms with Crippen molar-refractivity contribution >= 4 is 17.1 Å². The molecule has 5 heteroatoms. The molecule has 0 atom stereocenters. The van der Waals surface area contributed by atoms with Crippen LogP contribution in [-0.2, 0) is 0 Å². The molecule has 5 nitrogen and oxygen atoms in total. The summed E-state index contributed by atoms with van der Waals surface area (Å²) in [4.78, 5) is 17.0. The fraction of sp³-hybridized carbons (Fsp3) is 0. The highest BCUT2D eigenvalue weighted by Crippen LogP contribution is 2.52. The van der Waals surface area contributed by atoms with Crippen molar-refractivity contribution < 1.29 is 4.74 Å². The van der Waals surface area contributed by atoms with Crippen molar-refractivity contribution in [2.75, 3.05) is 4.90 Å². The highest BCUT2D eigenvalue weighted by atomic mass is 16.5. The van der Waals surface area contributed by atoms with Gasteiger partial charge in [-0.25, -0.2) is 15.0 Å². The van der Waals surface area contributed by atoms with Crippen LogP contribution in [0, 0.1) is 0 Å². The molecule has 2 heterocycles. The first-order valence-corrected chi connectivity index (χ1v) is 16.6. The van der Waals surface area contributed by atoms with E-state index in [9.17, 15) is 0 Å². The first kappa shape index (κ1) is 29.3. The minimum Gasteiger partial charge on any atom is -0.453 e. The number of benzene rings is 7. The van der Waals surface area contributed by atoms with Crippen LogP contribution in [0.4, 0.5) is 17.1 Å². The van der Waals surface area contributed by atoms with Gasteiger partial charge in [0.15, 0.2) is 29.0 Å². The van der Waals surface area contributed by atoms with Gasteiger partial charge in [0, 0.05) is 22.4 Å². The molecule has 0 N–H and O–H groups in total. The first-order chi connectivity index (χ1) is 24.8. The molecule has 1 aliphatic rings. The molecule has 236 valence electrons. The second kappa shape index (κ2) is 12.6. The Morgan fingerprint density at radius 3 is 1.06 bits per heavy atom. The number of hydrogen-bond acceptors (Lipinski definition) is 5. The molecule has 0 saturated heterocycles. The van der Waals surface area contributed by atoms with Gasteiger partial charge in [-0.3, -0.25) is 0 Å². The van der Waals surface area contributed by atoms with Crippen LogP contribution >= 0.6 is 0 Å². The molecule has 0 radical (unpaired) electrons. The van der Waals surface area contributed by atoms with E-state index in [0.29, 0.717) is 17.5 Å². The fourth-order valence-corrected chi connectivity index (χ4v) is 6.41. The van der Waals surface area contributed by atoms with Gasteiger partial charge < -0.3 is 9.64 Å². The lowest BCUT2D eigenvalue weighted by Crippen LogP contribution is -2.16. The molecule has 7 aromatic carbocycles. The first-order valence-electron chi connectivity index (χ1n) is 16.6. The molecule has 0 spiro atoms. The van der Waals surface area contributed by atoms with Crippen LogP contribution in [0.2, 0.25) is 0 Å². The summed E-state index contributed by atoms with van der Waals surface area (Å²) < 4.78 is 6.69. The Morgan fingerprint density at radius 1 is 0.320 bits per heavy atom. The second-order valence-electron chi connectivity index (χ2n) is 12.1. The Bertz CT molecular complexity index is 2290. The highest BCUT2D eigenvalue weighted by Gasteiger charge is 2.27. The Kier molecular flexibility index (Phi) is 7.41. The van der Waals surface area contributed by atoms with Crippen molar-refractivity contribution in [3.63, 3.8) is 0 Å². The van der Waals surface area contributed by atoms with Gasteiger partial charge in [0.2, 0.25) is 0 Å². The zero-order chi connectivity index (χ0) is 33.3. The zero-order valence-corrected chi connectivity index (χ0v) is 27.0. The number of anilines is 3. The van der Waals surface area contributed by atoms with E-state index in [4.69, 9.17) is 19.7 Å². The molecular weight excluding hydrogens is 613 g/mol. The SMILES string of the molecule is c1ccc(-c2ccc3c(c2)Oc2cc(-c4ccccc4)ccc2N3c2ccc(-c3nc(-c4ccccc4)nc(-c4ccccc4)n3)cc2)cc1. The van der Waals surface area contributed by atoms with E-state index in [2.05, 4.69) is 114 Å². The molecule has 0 bridgehead atoms. The van der Waals surface area contributed by atoms with Gasteiger partial charge in [0.25, 0.3) is 0 Å². The fourth-order valence-electron chi connectivity index (χ4n) is 6.41. The van der Waals surface area contributed by atoms with E-state index in [1.165, 1.54) is 0 Å². The zero-order valence-electron chi connectivity index (χ0n) is 27.0. The largest absolute Gasteiger partial charge is 0.453 e. The summed E-state index contributed by atoms with van der Waals surface area (Å²) in [5, 5.41) is 0. The van der Waals surface area contributed by atoms with E-state index in [1.54, 1.807) is 0 Å². The van der Waals surface area contributed by atoms with E-state index in [0.717, 1.165) is 67.5 Å². The molecule has 0 unspecified atom stereocenters. The Morgan fingerprint density at radius 2 is 0.660 bits per heavy atom. The third kappa shape index (κ3) is 5.57. The summed E-state index contributed by atoms with van der Waals surface area (Å²) in [7, 11) is 0. The van der Waals surface area contributed by atoms with E-state index < -0.39 is 0 Å². The quantitative estimate of drug-likeness (QED) is 0.181. The molecule has 1 aromatic heterocycles. The number of rotatable bonds is 6. The Labute approximate surface area is 290 Å². The van der Waals surface area contributed by atoms with Crippen molar-refractivity contribution in [3.8, 4) is 67.9 Å². The van der Waals surface area contributed by atoms with Crippen molar-refractivity contribution in [2.45, 2.75) is 0 Å². The summed E-state index contributed by atoms with van der Waals surface area (Å²) in [5.74, 6) is 3.49. The molecule has 0 fully saturated rings. The summed E-state index contributed by atoms with van der Waals surface area (Å²) in [6, 6.07) is 62.1. The van der Waals surface area contributed by atoms with E-state index in [-0.39, 0.29) is 0 Å². The molecule has 0 amide bonds. The lowest BCUT2D eigenvalue weighted by atomic mass is 10.0.